The molecule has 1 amide bonds. The van der Waals surface area contributed by atoms with Gasteiger partial charge in [-0.25, -0.2) is 9.97 Å². The molecule has 3 N–H and O–H groups in total. The molecular weight excluding hydrogens is 419 g/mol. The van der Waals surface area contributed by atoms with Crippen LogP contribution in [0.25, 0.3) is 0 Å². The molecule has 1 aromatic heterocycles. The van der Waals surface area contributed by atoms with Crippen LogP contribution in [0.15, 0.2) is 48.8 Å². The van der Waals surface area contributed by atoms with Crippen LogP contribution in [0, 0.1) is 17.0 Å². The number of hydrazine groups is 1. The number of carbonyl (C=O) groups is 1. The highest BCUT2D eigenvalue weighted by molar-refractivity contribution is 6.33. The van der Waals surface area contributed by atoms with Crippen molar-refractivity contribution in [1.82, 2.24) is 15.4 Å². The van der Waals surface area contributed by atoms with E-state index in [1.54, 1.807) is 36.4 Å². The summed E-state index contributed by atoms with van der Waals surface area (Å²) in [5, 5.41) is 15.2. The van der Waals surface area contributed by atoms with Crippen LogP contribution < -0.4 is 16.2 Å². The van der Waals surface area contributed by atoms with E-state index < -0.39 is 16.5 Å². The molecule has 0 spiro atoms. The maximum atomic E-state index is 12.3. The van der Waals surface area contributed by atoms with Crippen molar-refractivity contribution in [2.45, 2.75) is 6.92 Å². The monoisotopic (exact) mass is 432 g/mol. The Morgan fingerprint density at radius 2 is 1.83 bits per heavy atom. The van der Waals surface area contributed by atoms with Crippen molar-refractivity contribution in [1.29, 1.82) is 0 Å². The lowest BCUT2D eigenvalue weighted by molar-refractivity contribution is -0.383. The molecule has 1 heterocycles. The molecule has 29 heavy (non-hydrogen) atoms. The van der Waals surface area contributed by atoms with Crippen molar-refractivity contribution in [3.05, 3.63) is 80.1 Å². The minimum Gasteiger partial charge on any atom is -0.334 e. The highest BCUT2D eigenvalue weighted by Crippen LogP contribution is 2.32. The number of nitrogens with zero attached hydrogens (tertiary/aromatic N) is 3. The SMILES string of the molecule is Cc1ccc(Cl)cc1Nc1ncnc(NNC(=O)c2ccccc2Cl)c1[N+](=O)[O-]. The minimum atomic E-state index is -0.661. The third-order valence-corrected chi connectivity index (χ3v) is 4.44. The molecule has 0 saturated carbocycles. The van der Waals surface area contributed by atoms with E-state index in [0.717, 1.165) is 11.9 Å². The molecule has 148 valence electrons. The Morgan fingerprint density at radius 1 is 1.10 bits per heavy atom. The zero-order valence-corrected chi connectivity index (χ0v) is 16.5. The summed E-state index contributed by atoms with van der Waals surface area (Å²) in [6.07, 6.45) is 1.12. The first-order valence-corrected chi connectivity index (χ1v) is 8.96. The summed E-state index contributed by atoms with van der Waals surface area (Å²) in [6, 6.07) is 11.5. The number of halogens is 2. The van der Waals surface area contributed by atoms with Gasteiger partial charge in [0.1, 0.15) is 6.33 Å². The summed E-state index contributed by atoms with van der Waals surface area (Å²) < 4.78 is 0. The Hall–Kier alpha value is -3.43. The number of benzene rings is 2. The molecule has 0 aliphatic heterocycles. The van der Waals surface area contributed by atoms with E-state index in [0.29, 0.717) is 10.7 Å². The molecule has 0 aliphatic carbocycles. The van der Waals surface area contributed by atoms with Crippen molar-refractivity contribution in [3.8, 4) is 0 Å². The van der Waals surface area contributed by atoms with E-state index in [1.165, 1.54) is 6.07 Å². The molecular formula is C18H14Cl2N6O3. The Balaban J connectivity index is 1.87. The summed E-state index contributed by atoms with van der Waals surface area (Å²) in [6.45, 7) is 1.81. The number of anilines is 3. The van der Waals surface area contributed by atoms with Gasteiger partial charge in [-0.1, -0.05) is 41.4 Å². The van der Waals surface area contributed by atoms with Gasteiger partial charge in [-0.05, 0) is 36.8 Å². The van der Waals surface area contributed by atoms with Gasteiger partial charge in [0, 0.05) is 10.7 Å². The number of aryl methyl sites for hydroxylation is 1. The first-order chi connectivity index (χ1) is 13.9. The molecule has 0 unspecified atom stereocenters. The van der Waals surface area contributed by atoms with Crippen molar-refractivity contribution in [2.75, 3.05) is 10.7 Å². The largest absolute Gasteiger partial charge is 0.355 e. The highest BCUT2D eigenvalue weighted by atomic mass is 35.5. The van der Waals surface area contributed by atoms with Crippen LogP contribution in [0.3, 0.4) is 0 Å². The summed E-state index contributed by atoms with van der Waals surface area (Å²) >= 11 is 12.0. The number of hydrogen-bond acceptors (Lipinski definition) is 7. The van der Waals surface area contributed by atoms with E-state index >= 15 is 0 Å². The maximum absolute atomic E-state index is 12.3. The lowest BCUT2D eigenvalue weighted by atomic mass is 10.2. The summed E-state index contributed by atoms with van der Waals surface area (Å²) in [7, 11) is 0. The van der Waals surface area contributed by atoms with Crippen LogP contribution in [0.5, 0.6) is 0 Å². The molecule has 0 aliphatic rings. The maximum Gasteiger partial charge on any atom is 0.355 e. The molecule has 0 saturated heterocycles. The van der Waals surface area contributed by atoms with Gasteiger partial charge in [0.15, 0.2) is 0 Å². The topological polar surface area (TPSA) is 122 Å². The predicted molar refractivity (Wildman–Crippen MR) is 111 cm³/mol. The molecule has 3 rings (SSSR count). The van der Waals surface area contributed by atoms with Gasteiger partial charge in [0.05, 0.1) is 15.5 Å². The second-order valence-electron chi connectivity index (χ2n) is 5.82. The van der Waals surface area contributed by atoms with Gasteiger partial charge in [-0.2, -0.15) is 0 Å². The number of nitro groups is 1. The van der Waals surface area contributed by atoms with Gasteiger partial charge in [-0.3, -0.25) is 25.8 Å². The Kier molecular flexibility index (Phi) is 6.10. The number of carbonyl (C=O) groups excluding carboxylic acids is 1. The first kappa shape index (κ1) is 20.3. The van der Waals surface area contributed by atoms with Gasteiger partial charge in [0.2, 0.25) is 11.6 Å². The average molecular weight is 433 g/mol. The molecule has 11 heteroatoms. The number of rotatable bonds is 6. The van der Waals surface area contributed by atoms with Gasteiger partial charge in [-0.15, -0.1) is 0 Å². The minimum absolute atomic E-state index is 0.0649. The van der Waals surface area contributed by atoms with Crippen molar-refractivity contribution < 1.29 is 9.72 Å². The Morgan fingerprint density at radius 3 is 2.55 bits per heavy atom. The molecule has 3 aromatic rings. The van der Waals surface area contributed by atoms with E-state index in [-0.39, 0.29) is 22.2 Å². The number of aromatic nitrogens is 2. The fraction of sp³-hybridized carbons (Fsp3) is 0.0556. The average Bonchev–Trinajstić information content (AvgIpc) is 2.69. The lowest BCUT2D eigenvalue weighted by Gasteiger charge is -2.12. The van der Waals surface area contributed by atoms with Crippen LogP contribution in [0.2, 0.25) is 10.0 Å². The van der Waals surface area contributed by atoms with E-state index in [1.807, 2.05) is 6.92 Å². The summed E-state index contributed by atoms with van der Waals surface area (Å²) in [5.41, 5.74) is 5.90. The van der Waals surface area contributed by atoms with Crippen LogP contribution in [0.1, 0.15) is 15.9 Å². The van der Waals surface area contributed by atoms with E-state index in [4.69, 9.17) is 23.2 Å². The van der Waals surface area contributed by atoms with E-state index in [9.17, 15) is 14.9 Å². The van der Waals surface area contributed by atoms with Gasteiger partial charge in [0.25, 0.3) is 5.91 Å². The van der Waals surface area contributed by atoms with Crippen LogP contribution in [0.4, 0.5) is 23.0 Å². The fourth-order valence-corrected chi connectivity index (χ4v) is 2.81. The number of nitrogens with one attached hydrogen (secondary N) is 3. The van der Waals surface area contributed by atoms with Crippen molar-refractivity contribution >= 4 is 52.1 Å². The second-order valence-corrected chi connectivity index (χ2v) is 6.66. The Labute approximate surface area is 175 Å². The predicted octanol–water partition coefficient (Wildman–Crippen LogP) is 4.50. The lowest BCUT2D eigenvalue weighted by Crippen LogP contribution is -2.30. The third kappa shape index (κ3) is 4.71. The summed E-state index contributed by atoms with van der Waals surface area (Å²) in [5.74, 6) is -0.846. The van der Waals surface area contributed by atoms with E-state index in [2.05, 4.69) is 26.1 Å². The van der Waals surface area contributed by atoms with Gasteiger partial charge < -0.3 is 5.32 Å². The molecule has 2 aromatic carbocycles. The highest BCUT2D eigenvalue weighted by Gasteiger charge is 2.24. The van der Waals surface area contributed by atoms with Gasteiger partial charge >= 0.3 is 5.69 Å². The molecule has 0 atom stereocenters. The fourth-order valence-electron chi connectivity index (χ4n) is 2.42. The van der Waals surface area contributed by atoms with Crippen LogP contribution in [-0.4, -0.2) is 20.8 Å². The molecule has 0 radical (unpaired) electrons. The smallest absolute Gasteiger partial charge is 0.334 e. The van der Waals surface area contributed by atoms with Crippen molar-refractivity contribution in [2.24, 2.45) is 0 Å². The Bertz CT molecular complexity index is 1090. The standard InChI is InChI=1S/C18H14Cl2N6O3/c1-10-6-7-11(19)8-14(10)23-16-15(26(28)29)17(22-9-21-16)24-25-18(27)12-4-2-3-5-13(12)20/h2-9H,1H3,(H,25,27)(H2,21,22,23,24). The quantitative estimate of drug-likeness (QED) is 0.386. The molecule has 0 bridgehead atoms. The second kappa shape index (κ2) is 8.72. The normalized spacial score (nSPS) is 10.3. The third-order valence-electron chi connectivity index (χ3n) is 3.87. The zero-order valence-electron chi connectivity index (χ0n) is 14.9. The van der Waals surface area contributed by atoms with Crippen molar-refractivity contribution in [3.63, 3.8) is 0 Å². The zero-order chi connectivity index (χ0) is 21.0. The number of amides is 1. The van der Waals surface area contributed by atoms with Crippen LogP contribution in [-0.2, 0) is 0 Å². The summed E-state index contributed by atoms with van der Waals surface area (Å²) in [4.78, 5) is 31.1. The van der Waals surface area contributed by atoms with Crippen LogP contribution >= 0.6 is 23.2 Å². The number of hydrogen-bond donors (Lipinski definition) is 3. The molecule has 0 fully saturated rings. The molecule has 9 nitrogen and oxygen atoms in total. The first-order valence-electron chi connectivity index (χ1n) is 8.20.